The van der Waals surface area contributed by atoms with Crippen molar-refractivity contribution in [2.24, 2.45) is 0 Å². The van der Waals surface area contributed by atoms with E-state index in [1.54, 1.807) is 0 Å². The van der Waals surface area contributed by atoms with E-state index in [0.29, 0.717) is 0 Å². The Labute approximate surface area is 61.3 Å². The SMILES string of the molecule is CNc1ccsc1PC. The summed E-state index contributed by atoms with van der Waals surface area (Å²) in [6.07, 6.45) is 0. The highest BCUT2D eigenvalue weighted by molar-refractivity contribution is 7.56. The Balaban J connectivity index is 2.85. The van der Waals surface area contributed by atoms with Gasteiger partial charge in [0, 0.05) is 11.7 Å². The van der Waals surface area contributed by atoms with Gasteiger partial charge in [-0.2, -0.15) is 0 Å². The molecule has 3 heteroatoms. The predicted molar refractivity (Wildman–Crippen MR) is 47.7 cm³/mol. The Kier molecular flexibility index (Phi) is 2.49. The highest BCUT2D eigenvalue weighted by Gasteiger charge is 1.96. The monoisotopic (exact) mass is 159 g/mol. The average molecular weight is 159 g/mol. The molecule has 1 unspecified atom stereocenters. The van der Waals surface area contributed by atoms with Gasteiger partial charge in [-0.3, -0.25) is 0 Å². The molecule has 0 fully saturated rings. The molecule has 9 heavy (non-hydrogen) atoms. The van der Waals surface area contributed by atoms with Crippen LogP contribution in [0.4, 0.5) is 5.69 Å². The minimum atomic E-state index is 0.916. The fraction of sp³-hybridized carbons (Fsp3) is 0.333. The van der Waals surface area contributed by atoms with Gasteiger partial charge in [0.25, 0.3) is 0 Å². The van der Waals surface area contributed by atoms with E-state index in [9.17, 15) is 0 Å². The Hall–Kier alpha value is -0.0700. The summed E-state index contributed by atoms with van der Waals surface area (Å²) in [4.78, 5) is 0. The van der Waals surface area contributed by atoms with Gasteiger partial charge in [-0.25, -0.2) is 0 Å². The highest BCUT2D eigenvalue weighted by atomic mass is 32.1. The van der Waals surface area contributed by atoms with E-state index in [-0.39, 0.29) is 0 Å². The number of nitrogens with one attached hydrogen (secondary N) is 1. The molecule has 1 N–H and O–H groups in total. The first-order chi connectivity index (χ1) is 4.38. The fourth-order valence-electron chi connectivity index (χ4n) is 0.700. The lowest BCUT2D eigenvalue weighted by Gasteiger charge is -1.96. The lowest BCUT2D eigenvalue weighted by molar-refractivity contribution is 1.57. The number of thiophene rings is 1. The van der Waals surface area contributed by atoms with Gasteiger partial charge in [-0.15, -0.1) is 11.3 Å². The van der Waals surface area contributed by atoms with Gasteiger partial charge in [-0.05, 0) is 18.1 Å². The Morgan fingerprint density at radius 3 is 2.89 bits per heavy atom. The molecular formula is C6H10NPS. The third-order valence-electron chi connectivity index (χ3n) is 1.16. The zero-order chi connectivity index (χ0) is 6.69. The van der Waals surface area contributed by atoms with Crippen molar-refractivity contribution >= 4 is 30.2 Å². The fourth-order valence-corrected chi connectivity index (χ4v) is 2.49. The van der Waals surface area contributed by atoms with Gasteiger partial charge in [0.15, 0.2) is 0 Å². The van der Waals surface area contributed by atoms with E-state index < -0.39 is 0 Å². The molecule has 0 bridgehead atoms. The van der Waals surface area contributed by atoms with E-state index in [0.717, 1.165) is 8.58 Å². The van der Waals surface area contributed by atoms with Crippen LogP contribution in [-0.2, 0) is 0 Å². The first-order valence-corrected chi connectivity index (χ1v) is 5.19. The quantitative estimate of drug-likeness (QED) is 0.648. The van der Waals surface area contributed by atoms with Crippen LogP contribution >= 0.6 is 19.9 Å². The van der Waals surface area contributed by atoms with Gasteiger partial charge in [-0.1, -0.05) is 8.58 Å². The summed E-state index contributed by atoms with van der Waals surface area (Å²) in [7, 11) is 2.88. The minimum Gasteiger partial charge on any atom is -0.387 e. The first-order valence-electron chi connectivity index (χ1n) is 2.81. The topological polar surface area (TPSA) is 12.0 Å². The summed E-state index contributed by atoms with van der Waals surface area (Å²) >= 11 is 1.82. The van der Waals surface area contributed by atoms with Gasteiger partial charge < -0.3 is 5.32 Å². The van der Waals surface area contributed by atoms with Crippen LogP contribution in [0.3, 0.4) is 0 Å². The van der Waals surface area contributed by atoms with Crippen LogP contribution < -0.4 is 9.94 Å². The van der Waals surface area contributed by atoms with Gasteiger partial charge in [0.05, 0.1) is 5.69 Å². The van der Waals surface area contributed by atoms with Crippen LogP contribution in [0, 0.1) is 0 Å². The van der Waals surface area contributed by atoms with Crippen molar-refractivity contribution in [2.75, 3.05) is 19.0 Å². The van der Waals surface area contributed by atoms with Gasteiger partial charge in [0.2, 0.25) is 0 Å². The molecular weight excluding hydrogens is 149 g/mol. The Morgan fingerprint density at radius 2 is 2.44 bits per heavy atom. The molecule has 0 spiro atoms. The van der Waals surface area contributed by atoms with E-state index >= 15 is 0 Å². The number of hydrogen-bond donors (Lipinski definition) is 1. The summed E-state index contributed by atoms with van der Waals surface area (Å²) in [5.41, 5.74) is 1.29. The van der Waals surface area contributed by atoms with Crippen molar-refractivity contribution in [1.82, 2.24) is 0 Å². The summed E-state index contributed by atoms with van der Waals surface area (Å²) in [5, 5.41) is 5.27. The van der Waals surface area contributed by atoms with Gasteiger partial charge >= 0.3 is 0 Å². The van der Waals surface area contributed by atoms with E-state index in [2.05, 4.69) is 23.4 Å². The van der Waals surface area contributed by atoms with Crippen LogP contribution in [0.15, 0.2) is 11.4 Å². The van der Waals surface area contributed by atoms with Crippen LogP contribution in [0.25, 0.3) is 0 Å². The molecule has 0 aliphatic heterocycles. The third kappa shape index (κ3) is 1.44. The summed E-state index contributed by atoms with van der Waals surface area (Å²) in [5.74, 6) is 0. The third-order valence-corrected chi connectivity index (χ3v) is 3.58. The number of anilines is 1. The minimum absolute atomic E-state index is 0.916. The molecule has 0 aliphatic carbocycles. The van der Waals surface area contributed by atoms with Crippen LogP contribution in [-0.4, -0.2) is 13.7 Å². The second kappa shape index (κ2) is 3.19. The van der Waals surface area contributed by atoms with Crippen LogP contribution in [0.5, 0.6) is 0 Å². The van der Waals surface area contributed by atoms with E-state index in [1.807, 2.05) is 18.4 Å². The lowest BCUT2D eigenvalue weighted by Crippen LogP contribution is -1.95. The molecule has 1 rings (SSSR count). The van der Waals surface area contributed by atoms with Crippen LogP contribution in [0.1, 0.15) is 0 Å². The zero-order valence-corrected chi connectivity index (χ0v) is 7.38. The standard InChI is InChI=1S/C6H10NPS/c1-7-5-3-4-9-6(5)8-2/h3-4,7-8H,1-2H3. The normalized spacial score (nSPS) is 10.9. The molecule has 1 heterocycles. The summed E-state index contributed by atoms with van der Waals surface area (Å²) < 4.78 is 1.47. The zero-order valence-electron chi connectivity index (χ0n) is 5.56. The smallest absolute Gasteiger partial charge is 0.0521 e. The largest absolute Gasteiger partial charge is 0.387 e. The average Bonchev–Trinajstić information content (AvgIpc) is 2.33. The van der Waals surface area contributed by atoms with Crippen molar-refractivity contribution in [1.29, 1.82) is 0 Å². The molecule has 0 saturated carbocycles. The summed E-state index contributed by atoms with van der Waals surface area (Å²) in [6.45, 7) is 2.20. The predicted octanol–water partition coefficient (Wildman–Crippen LogP) is 1.72. The van der Waals surface area contributed by atoms with E-state index in [1.165, 1.54) is 10.3 Å². The molecule has 1 aromatic heterocycles. The molecule has 0 aliphatic rings. The Morgan fingerprint density at radius 1 is 1.67 bits per heavy atom. The maximum absolute atomic E-state index is 3.14. The second-order valence-corrected chi connectivity index (χ2v) is 3.94. The van der Waals surface area contributed by atoms with Crippen molar-refractivity contribution in [3.05, 3.63) is 11.4 Å². The van der Waals surface area contributed by atoms with Crippen molar-refractivity contribution in [2.45, 2.75) is 0 Å². The number of hydrogen-bond acceptors (Lipinski definition) is 2. The molecule has 0 aromatic carbocycles. The van der Waals surface area contributed by atoms with Crippen molar-refractivity contribution in [3.63, 3.8) is 0 Å². The maximum atomic E-state index is 3.14. The molecule has 1 atom stereocenters. The number of rotatable bonds is 2. The van der Waals surface area contributed by atoms with Crippen LogP contribution in [0.2, 0.25) is 0 Å². The molecule has 0 saturated heterocycles. The van der Waals surface area contributed by atoms with Gasteiger partial charge in [0.1, 0.15) is 0 Å². The molecule has 1 nitrogen and oxygen atoms in total. The maximum Gasteiger partial charge on any atom is 0.0521 e. The lowest BCUT2D eigenvalue weighted by atomic mass is 10.5. The molecule has 1 aromatic rings. The second-order valence-electron chi connectivity index (χ2n) is 1.66. The Bertz CT molecular complexity index is 166. The highest BCUT2D eigenvalue weighted by Crippen LogP contribution is 2.18. The molecule has 0 amide bonds. The molecule has 50 valence electrons. The van der Waals surface area contributed by atoms with Crippen molar-refractivity contribution < 1.29 is 0 Å². The first kappa shape index (κ1) is 7.04. The molecule has 0 radical (unpaired) electrons. The van der Waals surface area contributed by atoms with Crippen molar-refractivity contribution in [3.8, 4) is 0 Å². The summed E-state index contributed by atoms with van der Waals surface area (Å²) in [6, 6.07) is 2.12. The van der Waals surface area contributed by atoms with E-state index in [4.69, 9.17) is 0 Å².